The van der Waals surface area contributed by atoms with Crippen LogP contribution < -0.4 is 0 Å². The SMILES string of the molecule is C=C(N=C/C(=C\C)CCCC)c1cccc(C(F)(F)c2nnc3ncc(/C(C=NC)=C/C)cn23)c1.CCCOCCC. The van der Waals surface area contributed by atoms with Gasteiger partial charge < -0.3 is 4.74 Å². The molecule has 0 atom stereocenters. The van der Waals surface area contributed by atoms with Crippen molar-refractivity contribution >= 4 is 29.5 Å². The molecule has 1 aromatic carbocycles. The van der Waals surface area contributed by atoms with Crippen molar-refractivity contribution in [3.05, 3.63) is 83.5 Å². The molecule has 2 aromatic heterocycles. The van der Waals surface area contributed by atoms with E-state index in [1.165, 1.54) is 16.5 Å². The van der Waals surface area contributed by atoms with Crippen LogP contribution >= 0.6 is 0 Å². The number of ether oxygens (including phenoxy) is 1. The number of benzene rings is 1. The lowest BCUT2D eigenvalue weighted by Gasteiger charge is -2.16. The summed E-state index contributed by atoms with van der Waals surface area (Å²) < 4.78 is 37.7. The first-order chi connectivity index (χ1) is 20.3. The van der Waals surface area contributed by atoms with Gasteiger partial charge in [0.1, 0.15) is 0 Å². The third kappa shape index (κ3) is 9.62. The van der Waals surface area contributed by atoms with E-state index >= 15 is 8.78 Å². The largest absolute Gasteiger partial charge is 0.381 e. The number of halogens is 2. The molecule has 0 unspecified atom stereocenters. The van der Waals surface area contributed by atoms with Gasteiger partial charge >= 0.3 is 5.92 Å². The first-order valence-corrected chi connectivity index (χ1v) is 14.5. The first-order valence-electron chi connectivity index (χ1n) is 14.5. The summed E-state index contributed by atoms with van der Waals surface area (Å²) in [5.41, 5.74) is 3.14. The van der Waals surface area contributed by atoms with Gasteiger partial charge in [-0.2, -0.15) is 8.78 Å². The van der Waals surface area contributed by atoms with Crippen LogP contribution in [0.25, 0.3) is 17.0 Å². The second kappa shape index (κ2) is 17.9. The van der Waals surface area contributed by atoms with Gasteiger partial charge in [0.2, 0.25) is 5.82 Å². The van der Waals surface area contributed by atoms with E-state index in [1.807, 2.05) is 26.0 Å². The van der Waals surface area contributed by atoms with Gasteiger partial charge in [-0.1, -0.05) is 64.1 Å². The van der Waals surface area contributed by atoms with Crippen LogP contribution in [0.3, 0.4) is 0 Å². The van der Waals surface area contributed by atoms with E-state index in [0.717, 1.165) is 56.5 Å². The van der Waals surface area contributed by atoms with Crippen LogP contribution in [0.4, 0.5) is 8.78 Å². The third-order valence-corrected chi connectivity index (χ3v) is 6.29. The standard InChI is InChI=1S/C27H30F2N6.C6H14O/c1-6-9-11-20(7-2)15-31-19(4)22-12-10-13-24(14-22)27(28,29)25-33-34-26-32-17-23(18-35(25)26)21(8-3)16-30-5;1-3-5-7-6-4-2/h7-8,10,12-18H,4,6,9,11H2,1-3,5H3;3-6H2,1-2H3/b20-7-,21-8+,30-16?,31-15?;. The van der Waals surface area contributed by atoms with Crippen molar-refractivity contribution in [2.24, 2.45) is 9.98 Å². The van der Waals surface area contributed by atoms with Crippen molar-refractivity contribution in [3.8, 4) is 0 Å². The Morgan fingerprint density at radius 3 is 2.38 bits per heavy atom. The van der Waals surface area contributed by atoms with Crippen LogP contribution in [0, 0.1) is 0 Å². The van der Waals surface area contributed by atoms with Crippen molar-refractivity contribution in [2.45, 2.75) is 72.6 Å². The number of allylic oxidation sites excluding steroid dienone is 4. The maximum atomic E-state index is 15.7. The van der Waals surface area contributed by atoms with Gasteiger partial charge in [-0.15, -0.1) is 10.2 Å². The minimum absolute atomic E-state index is 0.0865. The number of alkyl halides is 2. The number of hydrogen-bond donors (Lipinski definition) is 0. The minimum atomic E-state index is -3.43. The second-order valence-electron chi connectivity index (χ2n) is 9.61. The molecular weight excluding hydrogens is 534 g/mol. The second-order valence-corrected chi connectivity index (χ2v) is 9.61. The number of hydrogen-bond acceptors (Lipinski definition) is 6. The molecule has 0 bridgehead atoms. The van der Waals surface area contributed by atoms with E-state index < -0.39 is 11.7 Å². The lowest BCUT2D eigenvalue weighted by Crippen LogP contribution is -2.19. The molecule has 0 N–H and O–H groups in total. The van der Waals surface area contributed by atoms with Crippen molar-refractivity contribution in [1.29, 1.82) is 0 Å². The number of aromatic nitrogens is 4. The average molecular weight is 579 g/mol. The maximum absolute atomic E-state index is 15.7. The fourth-order valence-corrected chi connectivity index (χ4v) is 3.92. The Hall–Kier alpha value is -3.85. The average Bonchev–Trinajstić information content (AvgIpc) is 3.45. The fourth-order valence-electron chi connectivity index (χ4n) is 3.92. The highest BCUT2D eigenvalue weighted by molar-refractivity contribution is 6.09. The molecule has 0 radical (unpaired) electrons. The molecule has 0 aliphatic heterocycles. The molecule has 0 aliphatic carbocycles. The van der Waals surface area contributed by atoms with Crippen LogP contribution in [-0.4, -0.2) is 52.3 Å². The monoisotopic (exact) mass is 578 g/mol. The predicted molar refractivity (Wildman–Crippen MR) is 170 cm³/mol. The fraction of sp³-hybridized carbons (Fsp3) is 0.424. The minimum Gasteiger partial charge on any atom is -0.381 e. The quantitative estimate of drug-likeness (QED) is 0.142. The highest BCUT2D eigenvalue weighted by Crippen LogP contribution is 2.36. The van der Waals surface area contributed by atoms with Crippen molar-refractivity contribution < 1.29 is 13.5 Å². The molecule has 0 fully saturated rings. The van der Waals surface area contributed by atoms with E-state index in [0.29, 0.717) is 16.8 Å². The summed E-state index contributed by atoms with van der Waals surface area (Å²) in [4.78, 5) is 12.6. The van der Waals surface area contributed by atoms with E-state index in [2.05, 4.69) is 52.5 Å². The van der Waals surface area contributed by atoms with Crippen LogP contribution in [0.1, 0.15) is 89.2 Å². The van der Waals surface area contributed by atoms with Crippen molar-refractivity contribution in [2.75, 3.05) is 20.3 Å². The summed E-state index contributed by atoms with van der Waals surface area (Å²) >= 11 is 0. The van der Waals surface area contributed by atoms with Gasteiger partial charge in [-0.3, -0.25) is 14.4 Å². The Kier molecular flexibility index (Phi) is 14.6. The van der Waals surface area contributed by atoms with E-state index in [9.17, 15) is 0 Å². The number of unbranched alkanes of at least 4 members (excludes halogenated alkanes) is 1. The van der Waals surface area contributed by atoms with Gasteiger partial charge in [0.25, 0.3) is 5.78 Å². The highest BCUT2D eigenvalue weighted by Gasteiger charge is 2.40. The van der Waals surface area contributed by atoms with Gasteiger partial charge in [0.15, 0.2) is 0 Å². The highest BCUT2D eigenvalue weighted by atomic mass is 19.3. The van der Waals surface area contributed by atoms with E-state index in [4.69, 9.17) is 4.74 Å². The normalized spacial score (nSPS) is 12.8. The smallest absolute Gasteiger partial charge is 0.332 e. The first kappa shape index (κ1) is 34.4. The zero-order chi connectivity index (χ0) is 31.0. The van der Waals surface area contributed by atoms with Crippen LogP contribution in [-0.2, 0) is 10.7 Å². The topological polar surface area (TPSA) is 77.0 Å². The van der Waals surface area contributed by atoms with Crippen molar-refractivity contribution in [3.63, 3.8) is 0 Å². The van der Waals surface area contributed by atoms with Gasteiger partial charge in [-0.25, -0.2) is 4.98 Å². The predicted octanol–water partition coefficient (Wildman–Crippen LogP) is 8.37. The van der Waals surface area contributed by atoms with Gasteiger partial charge in [0.05, 0.1) is 5.70 Å². The molecule has 2 heterocycles. The molecule has 0 spiro atoms. The number of nitrogens with zero attached hydrogens (tertiary/aromatic N) is 6. The van der Waals surface area contributed by atoms with E-state index in [1.54, 1.807) is 44.0 Å². The molecule has 0 amide bonds. The van der Waals surface area contributed by atoms with Gasteiger partial charge in [0, 0.05) is 56.2 Å². The van der Waals surface area contributed by atoms with E-state index in [-0.39, 0.29) is 11.3 Å². The van der Waals surface area contributed by atoms with Gasteiger partial charge in [-0.05, 0) is 62.3 Å². The van der Waals surface area contributed by atoms with Crippen LogP contribution in [0.5, 0.6) is 0 Å². The molecule has 226 valence electrons. The zero-order valence-corrected chi connectivity index (χ0v) is 25.8. The number of rotatable bonds is 14. The summed E-state index contributed by atoms with van der Waals surface area (Å²) in [5.74, 6) is -3.86. The maximum Gasteiger partial charge on any atom is 0.332 e. The molecule has 7 nitrogen and oxygen atoms in total. The molecule has 0 aliphatic rings. The Morgan fingerprint density at radius 2 is 1.76 bits per heavy atom. The summed E-state index contributed by atoms with van der Waals surface area (Å²) in [6.07, 6.45) is 15.7. The van der Waals surface area contributed by atoms with Crippen molar-refractivity contribution in [1.82, 2.24) is 19.6 Å². The van der Waals surface area contributed by atoms with Crippen LogP contribution in [0.15, 0.2) is 70.9 Å². The Balaban J connectivity index is 0.000000782. The lowest BCUT2D eigenvalue weighted by atomic mass is 10.0. The zero-order valence-electron chi connectivity index (χ0n) is 25.8. The lowest BCUT2D eigenvalue weighted by molar-refractivity contribution is 0.0317. The molecular formula is C33H44F2N6O. The van der Waals surface area contributed by atoms with Crippen LogP contribution in [0.2, 0.25) is 0 Å². The molecule has 0 saturated carbocycles. The Labute approximate surface area is 248 Å². The molecule has 0 saturated heterocycles. The molecule has 3 rings (SSSR count). The summed E-state index contributed by atoms with van der Waals surface area (Å²) in [6, 6.07) is 6.03. The molecule has 9 heteroatoms. The summed E-state index contributed by atoms with van der Waals surface area (Å²) in [7, 11) is 1.64. The number of fused-ring (bicyclic) bond motifs is 1. The molecule has 3 aromatic rings. The molecule has 42 heavy (non-hydrogen) atoms. The Morgan fingerprint density at radius 1 is 1.02 bits per heavy atom. The summed E-state index contributed by atoms with van der Waals surface area (Å²) in [5, 5.41) is 7.62. The Bertz CT molecular complexity index is 1400. The number of aliphatic imine (C=N–C) groups is 2. The third-order valence-electron chi connectivity index (χ3n) is 6.29. The summed E-state index contributed by atoms with van der Waals surface area (Å²) in [6.45, 7) is 16.0.